The summed E-state index contributed by atoms with van der Waals surface area (Å²) in [5.41, 5.74) is 3.59. The van der Waals surface area contributed by atoms with Gasteiger partial charge in [-0.1, -0.05) is 55.8 Å². The smallest absolute Gasteiger partial charge is 0.261 e. The fraction of sp³-hybridized carbons (Fsp3) is 0.333. The van der Waals surface area contributed by atoms with Crippen LogP contribution in [0.25, 0.3) is 11.3 Å². The van der Waals surface area contributed by atoms with Crippen molar-refractivity contribution in [1.29, 1.82) is 0 Å². The second-order valence-electron chi connectivity index (χ2n) is 10.3. The number of benzene rings is 2. The van der Waals surface area contributed by atoms with Gasteiger partial charge in [-0.15, -0.1) is 0 Å². The molecule has 3 amide bonds. The van der Waals surface area contributed by atoms with Crippen LogP contribution in [0, 0.1) is 5.92 Å². The summed E-state index contributed by atoms with van der Waals surface area (Å²) in [6.45, 7) is 2.61. The molecule has 0 spiro atoms. The van der Waals surface area contributed by atoms with Crippen LogP contribution >= 0.6 is 0 Å². The molecule has 2 unspecified atom stereocenters. The maximum absolute atomic E-state index is 14.2. The molecule has 0 saturated heterocycles. The third-order valence-electron chi connectivity index (χ3n) is 7.83. The minimum absolute atomic E-state index is 0.0102. The maximum atomic E-state index is 14.2. The minimum Gasteiger partial charge on any atom is -0.335 e. The molecular weight excluding hydrogens is 483 g/mol. The standard InChI is InChI=1S/C30H29FN4O3/c1-2-8-21-15-25(21)33-14-13-24-26(30(33)38)27(20-9-4-3-5-10-20)35(32-24)18-19(16-31)17-34-28(36)22-11-6-7-12-23(22)29(34)37/h3-7,9-12,16,21,25H,2,8,13-15,17-18H2,1H3/b19-16+. The van der Waals surface area contributed by atoms with Gasteiger partial charge in [0.15, 0.2) is 0 Å². The largest absolute Gasteiger partial charge is 0.335 e. The van der Waals surface area contributed by atoms with Crippen molar-refractivity contribution in [2.75, 3.05) is 13.1 Å². The number of carbonyl (C=O) groups is 3. The number of hydrogen-bond acceptors (Lipinski definition) is 4. The highest BCUT2D eigenvalue weighted by molar-refractivity contribution is 6.21. The van der Waals surface area contributed by atoms with Gasteiger partial charge in [0.25, 0.3) is 17.7 Å². The second kappa shape index (κ2) is 9.67. The Hall–Kier alpha value is -4.07. The van der Waals surface area contributed by atoms with E-state index in [0.717, 1.165) is 29.7 Å². The van der Waals surface area contributed by atoms with E-state index in [1.54, 1.807) is 28.9 Å². The molecule has 38 heavy (non-hydrogen) atoms. The van der Waals surface area contributed by atoms with Gasteiger partial charge in [-0.25, -0.2) is 4.39 Å². The lowest BCUT2D eigenvalue weighted by Crippen LogP contribution is -2.39. The van der Waals surface area contributed by atoms with E-state index in [2.05, 4.69) is 6.92 Å². The summed E-state index contributed by atoms with van der Waals surface area (Å²) >= 11 is 0. The Balaban J connectivity index is 1.31. The van der Waals surface area contributed by atoms with E-state index >= 15 is 0 Å². The van der Waals surface area contributed by atoms with Crippen LogP contribution in [0.3, 0.4) is 0 Å². The molecule has 194 valence electrons. The lowest BCUT2D eigenvalue weighted by Gasteiger charge is -2.27. The zero-order valence-electron chi connectivity index (χ0n) is 21.3. The van der Waals surface area contributed by atoms with Crippen molar-refractivity contribution in [3.8, 4) is 11.3 Å². The van der Waals surface area contributed by atoms with E-state index in [1.807, 2.05) is 35.2 Å². The Morgan fingerprint density at radius 1 is 0.974 bits per heavy atom. The average molecular weight is 513 g/mol. The molecule has 3 aromatic rings. The summed E-state index contributed by atoms with van der Waals surface area (Å²) in [7, 11) is 0. The zero-order chi connectivity index (χ0) is 26.4. The molecule has 0 radical (unpaired) electrons. The zero-order valence-corrected chi connectivity index (χ0v) is 21.3. The number of amides is 3. The van der Waals surface area contributed by atoms with Gasteiger partial charge in [0.05, 0.1) is 47.5 Å². The van der Waals surface area contributed by atoms with E-state index in [0.29, 0.717) is 53.3 Å². The summed E-state index contributed by atoms with van der Waals surface area (Å²) in [6.07, 6.45) is 4.34. The van der Waals surface area contributed by atoms with Crippen LogP contribution < -0.4 is 0 Å². The van der Waals surface area contributed by atoms with E-state index < -0.39 is 11.8 Å². The van der Waals surface area contributed by atoms with Crippen molar-refractivity contribution in [1.82, 2.24) is 19.6 Å². The first-order valence-corrected chi connectivity index (χ1v) is 13.2. The van der Waals surface area contributed by atoms with Crippen LogP contribution in [0.5, 0.6) is 0 Å². The van der Waals surface area contributed by atoms with Crippen molar-refractivity contribution in [2.45, 2.75) is 45.2 Å². The van der Waals surface area contributed by atoms with E-state index in [9.17, 15) is 18.8 Å². The Morgan fingerprint density at radius 3 is 2.32 bits per heavy atom. The number of halogens is 1. The van der Waals surface area contributed by atoms with E-state index in [1.165, 1.54) is 0 Å². The first-order chi connectivity index (χ1) is 18.5. The lowest BCUT2D eigenvalue weighted by atomic mass is 9.99. The number of fused-ring (bicyclic) bond motifs is 2. The molecule has 1 saturated carbocycles. The molecule has 0 N–H and O–H groups in total. The molecule has 0 bridgehead atoms. The molecule has 2 aliphatic heterocycles. The van der Waals surface area contributed by atoms with Crippen LogP contribution in [0.1, 0.15) is 63.0 Å². The summed E-state index contributed by atoms with van der Waals surface area (Å²) in [4.78, 5) is 42.6. The predicted octanol–water partition coefficient (Wildman–Crippen LogP) is 4.89. The fourth-order valence-corrected chi connectivity index (χ4v) is 5.89. The Kier molecular flexibility index (Phi) is 6.18. The average Bonchev–Trinajstić information content (AvgIpc) is 3.53. The molecule has 1 aromatic heterocycles. The van der Waals surface area contributed by atoms with Gasteiger partial charge in [0.1, 0.15) is 0 Å². The van der Waals surface area contributed by atoms with Gasteiger partial charge in [-0.2, -0.15) is 5.10 Å². The molecule has 1 aliphatic carbocycles. The highest BCUT2D eigenvalue weighted by Crippen LogP contribution is 2.42. The third-order valence-corrected chi connectivity index (χ3v) is 7.83. The molecular formula is C30H29FN4O3. The number of imide groups is 1. The monoisotopic (exact) mass is 512 g/mol. The summed E-state index contributed by atoms with van der Waals surface area (Å²) in [5.74, 6) is -0.345. The highest BCUT2D eigenvalue weighted by atomic mass is 19.1. The number of hydrogen-bond donors (Lipinski definition) is 0. The summed E-state index contributed by atoms with van der Waals surface area (Å²) in [6, 6.07) is 16.4. The number of rotatable bonds is 8. The molecule has 2 aromatic carbocycles. The molecule has 2 atom stereocenters. The fourth-order valence-electron chi connectivity index (χ4n) is 5.89. The lowest BCUT2D eigenvalue weighted by molar-refractivity contribution is 0.0664. The second-order valence-corrected chi connectivity index (χ2v) is 10.3. The van der Waals surface area contributed by atoms with Crippen molar-refractivity contribution in [3.05, 3.63) is 88.9 Å². The van der Waals surface area contributed by atoms with Gasteiger partial charge in [0.2, 0.25) is 0 Å². The van der Waals surface area contributed by atoms with Crippen molar-refractivity contribution in [3.63, 3.8) is 0 Å². The van der Waals surface area contributed by atoms with Crippen molar-refractivity contribution in [2.24, 2.45) is 5.92 Å². The summed E-state index contributed by atoms with van der Waals surface area (Å²) < 4.78 is 15.9. The highest BCUT2D eigenvalue weighted by Gasteiger charge is 2.46. The molecule has 3 aliphatic rings. The number of carbonyl (C=O) groups excluding carboxylic acids is 3. The van der Waals surface area contributed by atoms with Gasteiger partial charge in [0, 0.05) is 24.6 Å². The van der Waals surface area contributed by atoms with Crippen LogP contribution in [-0.4, -0.2) is 56.4 Å². The number of nitrogens with zero attached hydrogens (tertiary/aromatic N) is 4. The third kappa shape index (κ3) is 4.04. The SMILES string of the molecule is CCCC1CC1N1CCc2nn(C/C(=C/F)CN3C(=O)c4ccccc4C3=O)c(-c3ccccc3)c2C1=O. The molecule has 1 fully saturated rings. The maximum Gasteiger partial charge on any atom is 0.261 e. The quantitative estimate of drug-likeness (QED) is 0.403. The Bertz CT molecular complexity index is 1430. The Morgan fingerprint density at radius 2 is 1.66 bits per heavy atom. The van der Waals surface area contributed by atoms with Crippen LogP contribution in [0.4, 0.5) is 4.39 Å². The van der Waals surface area contributed by atoms with Crippen LogP contribution in [0.15, 0.2) is 66.5 Å². The first kappa shape index (κ1) is 24.3. The first-order valence-electron chi connectivity index (χ1n) is 13.2. The number of aromatic nitrogens is 2. The molecule has 7 nitrogen and oxygen atoms in total. The van der Waals surface area contributed by atoms with E-state index in [4.69, 9.17) is 5.10 Å². The van der Waals surface area contributed by atoms with Gasteiger partial charge in [-0.05, 0) is 36.5 Å². The topological polar surface area (TPSA) is 75.5 Å². The van der Waals surface area contributed by atoms with E-state index in [-0.39, 0.29) is 30.6 Å². The van der Waals surface area contributed by atoms with Crippen LogP contribution in [-0.2, 0) is 13.0 Å². The van der Waals surface area contributed by atoms with Crippen LogP contribution in [0.2, 0.25) is 0 Å². The summed E-state index contributed by atoms with van der Waals surface area (Å²) in [5, 5.41) is 4.76. The van der Waals surface area contributed by atoms with Crippen molar-refractivity contribution < 1.29 is 18.8 Å². The normalized spacial score (nSPS) is 20.7. The van der Waals surface area contributed by atoms with Gasteiger partial charge in [-0.3, -0.25) is 24.0 Å². The molecule has 8 heteroatoms. The Labute approximate surface area is 220 Å². The van der Waals surface area contributed by atoms with Gasteiger partial charge >= 0.3 is 0 Å². The van der Waals surface area contributed by atoms with Gasteiger partial charge < -0.3 is 4.90 Å². The van der Waals surface area contributed by atoms with Crippen molar-refractivity contribution >= 4 is 17.7 Å². The molecule has 6 rings (SSSR count). The minimum atomic E-state index is -0.440. The molecule has 3 heterocycles. The predicted molar refractivity (Wildman–Crippen MR) is 140 cm³/mol.